The molecule has 0 radical (unpaired) electrons. The van der Waals surface area contributed by atoms with Gasteiger partial charge in [0.1, 0.15) is 10.8 Å². The maximum absolute atomic E-state index is 6.08. The molecule has 0 saturated heterocycles. The zero-order chi connectivity index (χ0) is 25.3. The van der Waals surface area contributed by atoms with Gasteiger partial charge in [-0.05, 0) is 42.8 Å². The van der Waals surface area contributed by atoms with Crippen LogP contribution in [0.4, 0.5) is 0 Å². The third-order valence-electron chi connectivity index (χ3n) is 6.62. The fourth-order valence-electron chi connectivity index (χ4n) is 4.78. The van der Waals surface area contributed by atoms with Gasteiger partial charge in [-0.2, -0.15) is 10.2 Å². The Morgan fingerprint density at radius 3 is 2.39 bits per heavy atom. The number of benzene rings is 3. The summed E-state index contributed by atoms with van der Waals surface area (Å²) in [5.41, 5.74) is 3.80. The summed E-state index contributed by atoms with van der Waals surface area (Å²) in [6.07, 6.45) is 16.9. The molecule has 3 aromatic carbocycles. The molecular weight excluding hydrogens is 470 g/mol. The molecule has 6 aromatic rings. The highest BCUT2D eigenvalue weighted by atomic mass is 16.3. The van der Waals surface area contributed by atoms with Crippen molar-refractivity contribution in [1.82, 2.24) is 14.3 Å². The molecule has 0 atom stereocenters. The minimum absolute atomic E-state index is 0.777. The minimum atomic E-state index is 0.777. The van der Waals surface area contributed by atoms with E-state index in [1.807, 2.05) is 83.9 Å². The van der Waals surface area contributed by atoms with E-state index in [9.17, 15) is 0 Å². The zero-order valence-electron chi connectivity index (χ0n) is 20.5. The summed E-state index contributed by atoms with van der Waals surface area (Å²) in [5, 5.41) is 15.4. The first-order chi connectivity index (χ1) is 18.8. The molecule has 1 aliphatic heterocycles. The van der Waals surface area contributed by atoms with Gasteiger partial charge in [0.05, 0.1) is 11.1 Å². The zero-order valence-corrected chi connectivity index (χ0v) is 20.5. The van der Waals surface area contributed by atoms with Crippen LogP contribution in [0.15, 0.2) is 124 Å². The van der Waals surface area contributed by atoms with Gasteiger partial charge in [0, 0.05) is 51.9 Å². The van der Waals surface area contributed by atoms with E-state index in [1.54, 1.807) is 4.52 Å². The number of allylic oxidation sites excluding steroid dienone is 1. The molecular formula is C32H23N5O. The normalized spacial score (nSPS) is 13.1. The lowest BCUT2D eigenvalue weighted by Crippen LogP contribution is -2.26. The molecule has 6 nitrogen and oxygen atoms in total. The molecule has 0 amide bonds. The van der Waals surface area contributed by atoms with Crippen molar-refractivity contribution in [1.29, 1.82) is 0 Å². The van der Waals surface area contributed by atoms with Crippen LogP contribution in [-0.4, -0.2) is 14.3 Å². The number of aromatic nitrogens is 3. The van der Waals surface area contributed by atoms with Crippen LogP contribution in [0, 0.1) is 0 Å². The average molecular weight is 494 g/mol. The van der Waals surface area contributed by atoms with Crippen molar-refractivity contribution in [2.24, 2.45) is 10.1 Å². The van der Waals surface area contributed by atoms with Gasteiger partial charge in [0.25, 0.3) is 0 Å². The van der Waals surface area contributed by atoms with Crippen LogP contribution >= 0.6 is 0 Å². The monoisotopic (exact) mass is 493 g/mol. The maximum Gasteiger partial charge on any atom is 0.228 e. The number of hydrogen-bond donors (Lipinski definition) is 0. The van der Waals surface area contributed by atoms with E-state index >= 15 is 0 Å². The number of para-hydroxylation sites is 1. The predicted molar refractivity (Wildman–Crippen MR) is 151 cm³/mol. The summed E-state index contributed by atoms with van der Waals surface area (Å²) in [4.78, 5) is 4.44. The fraction of sp³-hybridized carbons (Fsp3) is 0.0312. The van der Waals surface area contributed by atoms with Gasteiger partial charge in [-0.3, -0.25) is 4.99 Å². The Bertz CT molecular complexity index is 2120. The second kappa shape index (κ2) is 9.33. The van der Waals surface area contributed by atoms with E-state index in [2.05, 4.69) is 63.9 Å². The summed E-state index contributed by atoms with van der Waals surface area (Å²) >= 11 is 0. The Morgan fingerprint density at radius 2 is 1.50 bits per heavy atom. The summed E-state index contributed by atoms with van der Waals surface area (Å²) in [7, 11) is 0. The van der Waals surface area contributed by atoms with Crippen LogP contribution in [0.5, 0.6) is 0 Å². The van der Waals surface area contributed by atoms with Gasteiger partial charge >= 0.3 is 0 Å². The molecule has 0 fully saturated rings. The smallest absolute Gasteiger partial charge is 0.228 e. The largest absolute Gasteiger partial charge is 0.438 e. The number of fused-ring (bicyclic) bond motifs is 8. The van der Waals surface area contributed by atoms with Gasteiger partial charge in [-0.15, -0.1) is 0 Å². The number of nitrogens with zero attached hydrogens (tertiary/aromatic N) is 5. The van der Waals surface area contributed by atoms with Crippen LogP contribution in [0.1, 0.15) is 17.7 Å². The first-order valence-electron chi connectivity index (χ1n) is 12.5. The third kappa shape index (κ3) is 3.98. The van der Waals surface area contributed by atoms with Crippen molar-refractivity contribution in [2.75, 3.05) is 0 Å². The first kappa shape index (κ1) is 22.0. The summed E-state index contributed by atoms with van der Waals surface area (Å²) in [6.45, 7) is 0. The molecule has 8 rings (SSSR count). The highest BCUT2D eigenvalue weighted by Crippen LogP contribution is 2.22. The molecule has 0 N–H and O–H groups in total. The summed E-state index contributed by atoms with van der Waals surface area (Å²) in [6, 6.07) is 26.3. The van der Waals surface area contributed by atoms with E-state index in [4.69, 9.17) is 4.42 Å². The van der Waals surface area contributed by atoms with E-state index < -0.39 is 0 Å². The van der Waals surface area contributed by atoms with Crippen LogP contribution in [0.2, 0.25) is 0 Å². The van der Waals surface area contributed by atoms with E-state index in [1.165, 1.54) is 10.8 Å². The molecule has 4 heterocycles. The van der Waals surface area contributed by atoms with E-state index in [0.29, 0.717) is 0 Å². The van der Waals surface area contributed by atoms with Gasteiger partial charge in [-0.1, -0.05) is 66.7 Å². The van der Waals surface area contributed by atoms with Gasteiger partial charge < -0.3 is 4.42 Å². The highest BCUT2D eigenvalue weighted by Gasteiger charge is 2.07. The van der Waals surface area contributed by atoms with Crippen molar-refractivity contribution in [3.05, 3.63) is 137 Å². The second-order valence-electron chi connectivity index (χ2n) is 9.04. The maximum atomic E-state index is 6.08. The van der Waals surface area contributed by atoms with Crippen molar-refractivity contribution >= 4 is 45.5 Å². The van der Waals surface area contributed by atoms with Crippen molar-refractivity contribution in [3.63, 3.8) is 0 Å². The lowest BCUT2D eigenvalue weighted by Gasteiger charge is -2.00. The fourth-order valence-corrected chi connectivity index (χ4v) is 4.78. The molecule has 1 aliphatic carbocycles. The SMILES string of the molecule is C1=Cc2c3ccccc3cn2N=c2ccccc2=N1.C1=Cc2ccnn3cc4ccccc4c3oc2=CC1. The predicted octanol–water partition coefficient (Wildman–Crippen LogP) is 5.45. The summed E-state index contributed by atoms with van der Waals surface area (Å²) < 4.78 is 9.80. The molecule has 0 spiro atoms. The van der Waals surface area contributed by atoms with Crippen molar-refractivity contribution in [2.45, 2.75) is 6.42 Å². The lowest BCUT2D eigenvalue weighted by atomic mass is 10.1. The quantitative estimate of drug-likeness (QED) is 0.283. The van der Waals surface area contributed by atoms with Gasteiger partial charge in [-0.25, -0.2) is 9.19 Å². The Labute approximate surface area is 217 Å². The molecule has 6 heteroatoms. The van der Waals surface area contributed by atoms with Gasteiger partial charge in [0.2, 0.25) is 5.71 Å². The van der Waals surface area contributed by atoms with Crippen LogP contribution in [0.25, 0.3) is 45.5 Å². The van der Waals surface area contributed by atoms with Crippen LogP contribution in [0.3, 0.4) is 0 Å². The topological polar surface area (TPSA) is 60.1 Å². The Morgan fingerprint density at radius 1 is 0.737 bits per heavy atom. The Kier molecular flexibility index (Phi) is 5.40. The van der Waals surface area contributed by atoms with E-state index in [-0.39, 0.29) is 0 Å². The number of rotatable bonds is 0. The average Bonchev–Trinajstić information content (AvgIpc) is 3.45. The lowest BCUT2D eigenvalue weighted by molar-refractivity contribution is 0.540. The number of hydrogen-bond acceptors (Lipinski definition) is 4. The minimum Gasteiger partial charge on any atom is -0.438 e. The molecule has 182 valence electrons. The van der Waals surface area contributed by atoms with Crippen LogP contribution in [-0.2, 0) is 0 Å². The first-order valence-corrected chi connectivity index (χ1v) is 12.5. The molecule has 0 bridgehead atoms. The third-order valence-corrected chi connectivity index (χ3v) is 6.62. The summed E-state index contributed by atoms with van der Waals surface area (Å²) in [5.74, 6) is 0. The van der Waals surface area contributed by atoms with Crippen molar-refractivity contribution < 1.29 is 4.42 Å². The molecule has 2 aliphatic rings. The van der Waals surface area contributed by atoms with Crippen LogP contribution < -0.4 is 16.1 Å². The molecule has 38 heavy (non-hydrogen) atoms. The van der Waals surface area contributed by atoms with E-state index in [0.717, 1.165) is 50.3 Å². The standard InChI is InChI=1S/C16H11N3.C16H12N2O/c1-2-6-13-12(5-1)11-19-16(13)9-10-17-14-7-3-4-8-15(14)18-19;1-3-7-14-13(6-1)11-18-16(14)19-15-8-4-2-5-12(15)9-10-17-18/h1-11H;1-3,5-11H,4H2. The highest BCUT2D eigenvalue weighted by molar-refractivity contribution is 5.94. The molecule has 3 aromatic heterocycles. The van der Waals surface area contributed by atoms with Gasteiger partial charge in [0.15, 0.2) is 0 Å². The molecule has 0 saturated carbocycles. The Balaban J connectivity index is 0.000000127. The second-order valence-corrected chi connectivity index (χ2v) is 9.04. The molecule has 0 unspecified atom stereocenters. The Hall–Kier alpha value is -5.23. The van der Waals surface area contributed by atoms with Crippen molar-refractivity contribution in [3.8, 4) is 0 Å².